The minimum Gasteiger partial charge on any atom is -1.00 e. The summed E-state index contributed by atoms with van der Waals surface area (Å²) in [7, 11) is -1.79. The summed E-state index contributed by atoms with van der Waals surface area (Å²) < 4.78 is 5.39. The third kappa shape index (κ3) is 8.12. The van der Waals surface area contributed by atoms with Gasteiger partial charge in [-0.15, -0.1) is 0 Å². The SMILES string of the molecule is O=C(CCC/C=C\CC[P+](c1ccccc1)(c1ccccc1)c1ccccc1)OCc1ccccc1.[I-]. The number of rotatable bonds is 12. The van der Waals surface area contributed by atoms with Crippen LogP contribution in [0.1, 0.15) is 31.2 Å². The lowest BCUT2D eigenvalue weighted by Gasteiger charge is -2.27. The summed E-state index contributed by atoms with van der Waals surface area (Å²) >= 11 is 0. The minimum atomic E-state index is -1.79. The Morgan fingerprint density at radius 2 is 1.05 bits per heavy atom. The molecule has 0 radical (unpaired) electrons. The molecule has 0 bridgehead atoms. The fourth-order valence-corrected chi connectivity index (χ4v) is 8.81. The van der Waals surface area contributed by atoms with Crippen molar-refractivity contribution in [3.8, 4) is 0 Å². The van der Waals surface area contributed by atoms with Crippen molar-refractivity contribution in [1.82, 2.24) is 0 Å². The van der Waals surface area contributed by atoms with Gasteiger partial charge in [0.1, 0.15) is 29.8 Å². The Morgan fingerprint density at radius 1 is 0.622 bits per heavy atom. The summed E-state index contributed by atoms with van der Waals surface area (Å²) in [6.45, 7) is 0.347. The average molecular weight is 621 g/mol. The van der Waals surface area contributed by atoms with Gasteiger partial charge in [-0.2, -0.15) is 0 Å². The molecule has 4 aromatic rings. The van der Waals surface area contributed by atoms with E-state index in [1.807, 2.05) is 30.3 Å². The summed E-state index contributed by atoms with van der Waals surface area (Å²) in [5, 5.41) is 4.24. The van der Waals surface area contributed by atoms with E-state index in [1.165, 1.54) is 15.9 Å². The van der Waals surface area contributed by atoms with Crippen LogP contribution in [0, 0.1) is 0 Å². The van der Waals surface area contributed by atoms with E-state index in [1.54, 1.807) is 0 Å². The molecule has 0 fully saturated rings. The Hall–Kier alpha value is -2.75. The van der Waals surface area contributed by atoms with E-state index >= 15 is 0 Å². The van der Waals surface area contributed by atoms with E-state index in [-0.39, 0.29) is 29.9 Å². The van der Waals surface area contributed by atoms with Gasteiger partial charge in [0.25, 0.3) is 0 Å². The van der Waals surface area contributed by atoms with Crippen LogP contribution in [-0.2, 0) is 16.1 Å². The zero-order chi connectivity index (χ0) is 24.9. The quantitative estimate of drug-likeness (QED) is 0.0792. The molecule has 0 amide bonds. The molecule has 0 saturated heterocycles. The van der Waals surface area contributed by atoms with Gasteiger partial charge in [0.05, 0.1) is 6.16 Å². The van der Waals surface area contributed by atoms with Crippen LogP contribution in [0.3, 0.4) is 0 Å². The lowest BCUT2D eigenvalue weighted by molar-refractivity contribution is -0.145. The third-order valence-electron chi connectivity index (χ3n) is 6.38. The number of ether oxygens (including phenoxy) is 1. The number of carbonyl (C=O) groups is 1. The first kappa shape index (κ1) is 28.8. The van der Waals surface area contributed by atoms with Crippen molar-refractivity contribution in [2.45, 2.75) is 32.3 Å². The molecule has 0 spiro atoms. The fourth-order valence-electron chi connectivity index (χ4n) is 4.56. The average Bonchev–Trinajstić information content (AvgIpc) is 2.95. The van der Waals surface area contributed by atoms with Gasteiger partial charge in [0.2, 0.25) is 0 Å². The zero-order valence-electron chi connectivity index (χ0n) is 21.1. The highest BCUT2D eigenvalue weighted by Gasteiger charge is 2.44. The Balaban J connectivity index is 0.00000380. The molecule has 0 aromatic heterocycles. The molecule has 190 valence electrons. The largest absolute Gasteiger partial charge is 1.00 e. The smallest absolute Gasteiger partial charge is 0.306 e. The van der Waals surface area contributed by atoms with Crippen molar-refractivity contribution in [3.05, 3.63) is 139 Å². The summed E-state index contributed by atoms with van der Waals surface area (Å²) in [6.07, 6.45) is 8.71. The number of halogens is 1. The molecule has 0 aliphatic heterocycles. The van der Waals surface area contributed by atoms with E-state index in [0.29, 0.717) is 13.0 Å². The van der Waals surface area contributed by atoms with Gasteiger partial charge in [0, 0.05) is 12.8 Å². The van der Waals surface area contributed by atoms with E-state index in [4.69, 9.17) is 4.74 Å². The minimum absolute atomic E-state index is 0. The number of benzene rings is 4. The first-order valence-electron chi connectivity index (χ1n) is 12.7. The van der Waals surface area contributed by atoms with Crippen LogP contribution in [0.4, 0.5) is 0 Å². The lowest BCUT2D eigenvalue weighted by atomic mass is 10.2. The van der Waals surface area contributed by atoms with Gasteiger partial charge in [-0.25, -0.2) is 0 Å². The lowest BCUT2D eigenvalue weighted by Crippen LogP contribution is -3.00. The summed E-state index contributed by atoms with van der Waals surface area (Å²) in [5.74, 6) is -0.130. The van der Waals surface area contributed by atoms with Crippen LogP contribution in [0.2, 0.25) is 0 Å². The summed E-state index contributed by atoms with van der Waals surface area (Å²) in [5.41, 5.74) is 1.02. The van der Waals surface area contributed by atoms with Gasteiger partial charge in [-0.1, -0.05) is 97.1 Å². The molecule has 4 aromatic carbocycles. The van der Waals surface area contributed by atoms with Gasteiger partial charge in [0.15, 0.2) is 0 Å². The van der Waals surface area contributed by atoms with E-state index in [2.05, 4.69) is 103 Å². The molecule has 0 aliphatic rings. The number of esters is 1. The van der Waals surface area contributed by atoms with Crippen molar-refractivity contribution in [1.29, 1.82) is 0 Å². The maximum absolute atomic E-state index is 12.1. The Labute approximate surface area is 239 Å². The number of unbranched alkanes of at least 4 members (excludes halogenated alkanes) is 1. The van der Waals surface area contributed by atoms with Crippen LogP contribution >= 0.6 is 7.26 Å². The molecule has 0 atom stereocenters. The summed E-state index contributed by atoms with van der Waals surface area (Å²) in [6, 6.07) is 42.8. The molecule has 0 heterocycles. The number of hydrogen-bond donors (Lipinski definition) is 0. The molecule has 0 N–H and O–H groups in total. The summed E-state index contributed by atoms with van der Waals surface area (Å²) in [4.78, 5) is 12.1. The molecular formula is C33H34IO2P. The van der Waals surface area contributed by atoms with E-state index in [0.717, 1.165) is 31.0 Å². The second-order valence-electron chi connectivity index (χ2n) is 8.84. The van der Waals surface area contributed by atoms with Gasteiger partial charge < -0.3 is 28.7 Å². The van der Waals surface area contributed by atoms with Crippen LogP contribution in [0.5, 0.6) is 0 Å². The van der Waals surface area contributed by atoms with Gasteiger partial charge in [-0.3, -0.25) is 4.79 Å². The topological polar surface area (TPSA) is 26.3 Å². The Morgan fingerprint density at radius 3 is 1.54 bits per heavy atom. The third-order valence-corrected chi connectivity index (χ3v) is 10.9. The maximum atomic E-state index is 12.1. The molecule has 4 rings (SSSR count). The maximum Gasteiger partial charge on any atom is 0.306 e. The van der Waals surface area contributed by atoms with Gasteiger partial charge >= 0.3 is 5.97 Å². The van der Waals surface area contributed by atoms with Crippen molar-refractivity contribution in [2.75, 3.05) is 6.16 Å². The van der Waals surface area contributed by atoms with Crippen molar-refractivity contribution < 1.29 is 33.5 Å². The first-order valence-corrected chi connectivity index (χ1v) is 14.7. The highest BCUT2D eigenvalue weighted by molar-refractivity contribution is 7.95. The van der Waals surface area contributed by atoms with Crippen molar-refractivity contribution in [2.24, 2.45) is 0 Å². The second-order valence-corrected chi connectivity index (χ2v) is 12.5. The monoisotopic (exact) mass is 620 g/mol. The first-order chi connectivity index (χ1) is 17.8. The highest BCUT2D eigenvalue weighted by Crippen LogP contribution is 2.55. The molecule has 0 saturated carbocycles. The number of carbonyl (C=O) groups excluding carboxylic acids is 1. The van der Waals surface area contributed by atoms with E-state index < -0.39 is 7.26 Å². The Kier molecular flexibility index (Phi) is 12.1. The van der Waals surface area contributed by atoms with Crippen molar-refractivity contribution >= 4 is 29.1 Å². The predicted octanol–water partition coefficient (Wildman–Crippen LogP) is 3.84. The highest BCUT2D eigenvalue weighted by atomic mass is 127. The standard InChI is InChI=1S/C33H34O2P.HI/c34-33(35-28-29-18-8-4-9-19-29)26-16-2-1-3-17-27-36(30-20-10-5-11-21-30,31-22-12-6-13-23-31)32-24-14-7-15-25-32;/h1,3-15,18-25H,2,16-17,26-28H2;1H/q+1;/p-1/b3-1-;. The van der Waals surface area contributed by atoms with Crippen LogP contribution < -0.4 is 39.9 Å². The normalized spacial score (nSPS) is 11.1. The zero-order valence-corrected chi connectivity index (χ0v) is 24.1. The molecule has 0 unspecified atom stereocenters. The van der Waals surface area contributed by atoms with Gasteiger partial charge in [-0.05, 0) is 54.8 Å². The van der Waals surface area contributed by atoms with Crippen LogP contribution in [-0.4, -0.2) is 12.1 Å². The molecule has 37 heavy (non-hydrogen) atoms. The second kappa shape index (κ2) is 15.5. The van der Waals surface area contributed by atoms with Crippen LogP contribution in [0.15, 0.2) is 133 Å². The number of allylic oxidation sites excluding steroid dienone is 2. The molecular weight excluding hydrogens is 586 g/mol. The van der Waals surface area contributed by atoms with Crippen molar-refractivity contribution in [3.63, 3.8) is 0 Å². The molecule has 2 nitrogen and oxygen atoms in total. The number of hydrogen-bond acceptors (Lipinski definition) is 2. The Bertz CT molecular complexity index is 1120. The van der Waals surface area contributed by atoms with Crippen LogP contribution in [0.25, 0.3) is 0 Å². The molecule has 4 heteroatoms. The fraction of sp³-hybridized carbons (Fsp3) is 0.182. The molecule has 0 aliphatic carbocycles. The van der Waals surface area contributed by atoms with E-state index in [9.17, 15) is 4.79 Å². The predicted molar refractivity (Wildman–Crippen MR) is 154 cm³/mol.